The fraction of sp³-hybridized carbons (Fsp3) is 0.409. The molecule has 5 heteroatoms. The molecule has 1 N–H and O–H groups in total. The second-order valence-electron chi connectivity index (χ2n) is 6.80. The van der Waals surface area contributed by atoms with Gasteiger partial charge in [-0.2, -0.15) is 5.10 Å². The van der Waals surface area contributed by atoms with E-state index in [-0.39, 0.29) is 0 Å². The molecule has 3 aromatic rings. The van der Waals surface area contributed by atoms with Gasteiger partial charge in [-0.1, -0.05) is 24.3 Å². The summed E-state index contributed by atoms with van der Waals surface area (Å²) in [6.45, 7) is 4.74. The van der Waals surface area contributed by atoms with Crippen LogP contribution in [0.4, 0.5) is 0 Å². The van der Waals surface area contributed by atoms with Crippen LogP contribution in [0.15, 0.2) is 36.4 Å². The average Bonchev–Trinajstić information content (AvgIpc) is 3.00. The van der Waals surface area contributed by atoms with Gasteiger partial charge >= 0.3 is 0 Å². The molecule has 1 heterocycles. The van der Waals surface area contributed by atoms with E-state index in [1.54, 1.807) is 14.2 Å². The normalized spacial score (nSPS) is 11.3. The molecule has 0 fully saturated rings. The molecule has 0 radical (unpaired) electrons. The third kappa shape index (κ3) is 4.31. The highest BCUT2D eigenvalue weighted by atomic mass is 16.5. The maximum atomic E-state index is 5.34. The summed E-state index contributed by atoms with van der Waals surface area (Å²) in [7, 11) is 5.47. The standard InChI is InChI=1S/C22H29N3O2/c1-16-15-17(27-4)10-11-18(16)19-7-5-8-20-21(25(2)24-22(19)20)9-6-12-23-13-14-26-3/h5,7-8,10-11,15,23H,6,9,12-14H2,1-4H3. The van der Waals surface area contributed by atoms with Crippen LogP contribution < -0.4 is 10.1 Å². The van der Waals surface area contributed by atoms with Crippen LogP contribution in [0, 0.1) is 6.92 Å². The van der Waals surface area contributed by atoms with Crippen LogP contribution in [0.3, 0.4) is 0 Å². The molecular weight excluding hydrogens is 338 g/mol. The molecule has 0 atom stereocenters. The van der Waals surface area contributed by atoms with Gasteiger partial charge in [-0.05, 0) is 49.6 Å². The molecule has 0 saturated carbocycles. The average molecular weight is 367 g/mol. The summed E-state index contributed by atoms with van der Waals surface area (Å²) in [6, 6.07) is 12.7. The number of rotatable bonds is 9. The minimum atomic E-state index is 0.749. The summed E-state index contributed by atoms with van der Waals surface area (Å²) in [5.41, 5.74) is 5.92. The maximum Gasteiger partial charge on any atom is 0.119 e. The van der Waals surface area contributed by atoms with Gasteiger partial charge < -0.3 is 14.8 Å². The first-order valence-electron chi connectivity index (χ1n) is 9.45. The van der Waals surface area contributed by atoms with Gasteiger partial charge in [-0.15, -0.1) is 0 Å². The van der Waals surface area contributed by atoms with Crippen molar-refractivity contribution in [2.45, 2.75) is 19.8 Å². The number of nitrogens with zero attached hydrogens (tertiary/aromatic N) is 2. The van der Waals surface area contributed by atoms with E-state index in [2.05, 4.69) is 42.6 Å². The summed E-state index contributed by atoms with van der Waals surface area (Å²) in [5.74, 6) is 0.881. The number of hydrogen-bond donors (Lipinski definition) is 1. The zero-order valence-electron chi connectivity index (χ0n) is 16.7. The predicted molar refractivity (Wildman–Crippen MR) is 111 cm³/mol. The van der Waals surface area contributed by atoms with Gasteiger partial charge in [0.25, 0.3) is 0 Å². The Morgan fingerprint density at radius 2 is 1.93 bits per heavy atom. The molecule has 144 valence electrons. The molecule has 5 nitrogen and oxygen atoms in total. The van der Waals surface area contributed by atoms with Crippen LogP contribution in [0.25, 0.3) is 22.0 Å². The minimum absolute atomic E-state index is 0.749. The fourth-order valence-corrected chi connectivity index (χ4v) is 3.53. The Morgan fingerprint density at radius 1 is 1.07 bits per heavy atom. The number of nitrogens with one attached hydrogen (secondary N) is 1. The quantitative estimate of drug-likeness (QED) is 0.586. The van der Waals surface area contributed by atoms with Gasteiger partial charge in [0, 0.05) is 37.3 Å². The van der Waals surface area contributed by atoms with Crippen molar-refractivity contribution in [1.29, 1.82) is 0 Å². The number of aromatic nitrogens is 2. The minimum Gasteiger partial charge on any atom is -0.497 e. The zero-order valence-corrected chi connectivity index (χ0v) is 16.7. The molecule has 0 bridgehead atoms. The van der Waals surface area contributed by atoms with Gasteiger partial charge in [-0.25, -0.2) is 0 Å². The van der Waals surface area contributed by atoms with Gasteiger partial charge in [-0.3, -0.25) is 4.68 Å². The van der Waals surface area contributed by atoms with Gasteiger partial charge in [0.15, 0.2) is 0 Å². The first-order chi connectivity index (χ1) is 13.2. The van der Waals surface area contributed by atoms with E-state index in [0.717, 1.165) is 43.8 Å². The highest BCUT2D eigenvalue weighted by Gasteiger charge is 2.14. The number of methoxy groups -OCH3 is 2. The predicted octanol–water partition coefficient (Wildman–Crippen LogP) is 3.73. The van der Waals surface area contributed by atoms with E-state index in [1.165, 1.54) is 27.8 Å². The number of aryl methyl sites for hydroxylation is 3. The number of ether oxygens (including phenoxy) is 2. The van der Waals surface area contributed by atoms with Crippen molar-refractivity contribution in [2.75, 3.05) is 33.9 Å². The smallest absolute Gasteiger partial charge is 0.119 e. The SMILES string of the molecule is COCCNCCCc1c2cccc(-c3ccc(OC)cc3C)c2nn1C. The number of fused-ring (bicyclic) bond motifs is 1. The largest absolute Gasteiger partial charge is 0.497 e. The summed E-state index contributed by atoms with van der Waals surface area (Å²) < 4.78 is 12.4. The summed E-state index contributed by atoms with van der Waals surface area (Å²) in [6.07, 6.45) is 2.07. The first-order valence-corrected chi connectivity index (χ1v) is 9.45. The second-order valence-corrected chi connectivity index (χ2v) is 6.80. The van der Waals surface area contributed by atoms with Crippen LogP contribution in [0.5, 0.6) is 5.75 Å². The second kappa shape index (κ2) is 9.02. The third-order valence-corrected chi connectivity index (χ3v) is 4.96. The molecule has 0 aliphatic rings. The molecule has 27 heavy (non-hydrogen) atoms. The van der Waals surface area contributed by atoms with Gasteiger partial charge in [0.05, 0.1) is 13.7 Å². The molecule has 0 saturated heterocycles. The van der Waals surface area contributed by atoms with E-state index >= 15 is 0 Å². The monoisotopic (exact) mass is 367 g/mol. The zero-order chi connectivity index (χ0) is 19.2. The van der Waals surface area contributed by atoms with Crippen molar-refractivity contribution in [3.05, 3.63) is 47.7 Å². The van der Waals surface area contributed by atoms with Crippen molar-refractivity contribution in [1.82, 2.24) is 15.1 Å². The summed E-state index contributed by atoms with van der Waals surface area (Å²) in [5, 5.41) is 9.49. The van der Waals surface area contributed by atoms with Crippen LogP contribution in [-0.4, -0.2) is 43.7 Å². The molecule has 1 aromatic heterocycles. The van der Waals surface area contributed by atoms with Crippen LogP contribution in [0.1, 0.15) is 17.7 Å². The van der Waals surface area contributed by atoms with Gasteiger partial charge in [0.1, 0.15) is 11.3 Å². The van der Waals surface area contributed by atoms with Crippen molar-refractivity contribution < 1.29 is 9.47 Å². The molecule has 0 spiro atoms. The lowest BCUT2D eigenvalue weighted by Crippen LogP contribution is -2.20. The Balaban J connectivity index is 1.85. The van der Waals surface area contributed by atoms with E-state index in [1.807, 2.05) is 17.8 Å². The van der Waals surface area contributed by atoms with E-state index in [9.17, 15) is 0 Å². The van der Waals surface area contributed by atoms with Crippen molar-refractivity contribution in [3.8, 4) is 16.9 Å². The summed E-state index contributed by atoms with van der Waals surface area (Å²) >= 11 is 0. The molecule has 0 aliphatic carbocycles. The summed E-state index contributed by atoms with van der Waals surface area (Å²) in [4.78, 5) is 0. The Kier molecular flexibility index (Phi) is 6.48. The molecule has 0 unspecified atom stereocenters. The van der Waals surface area contributed by atoms with Crippen LogP contribution >= 0.6 is 0 Å². The van der Waals surface area contributed by atoms with E-state index < -0.39 is 0 Å². The van der Waals surface area contributed by atoms with Crippen molar-refractivity contribution in [3.63, 3.8) is 0 Å². The maximum absolute atomic E-state index is 5.34. The molecule has 3 rings (SSSR count). The van der Waals surface area contributed by atoms with Crippen molar-refractivity contribution in [2.24, 2.45) is 7.05 Å². The Morgan fingerprint density at radius 3 is 2.67 bits per heavy atom. The topological polar surface area (TPSA) is 48.3 Å². The first kappa shape index (κ1) is 19.4. The lowest BCUT2D eigenvalue weighted by atomic mass is 9.97. The fourth-order valence-electron chi connectivity index (χ4n) is 3.53. The van der Waals surface area contributed by atoms with Crippen LogP contribution in [0.2, 0.25) is 0 Å². The van der Waals surface area contributed by atoms with Gasteiger partial charge in [0.2, 0.25) is 0 Å². The van der Waals surface area contributed by atoms with E-state index in [4.69, 9.17) is 14.6 Å². The Labute approximate surface area is 161 Å². The number of benzene rings is 2. The highest BCUT2D eigenvalue weighted by molar-refractivity contribution is 5.96. The Hall–Kier alpha value is -2.37. The van der Waals surface area contributed by atoms with E-state index in [0.29, 0.717) is 0 Å². The molecule has 2 aromatic carbocycles. The van der Waals surface area contributed by atoms with Crippen LogP contribution in [-0.2, 0) is 18.2 Å². The third-order valence-electron chi connectivity index (χ3n) is 4.96. The molecular formula is C22H29N3O2. The molecule has 0 aliphatic heterocycles. The molecule has 0 amide bonds. The lowest BCUT2D eigenvalue weighted by molar-refractivity contribution is 0.199. The Bertz CT molecular complexity index is 902. The van der Waals surface area contributed by atoms with Crippen molar-refractivity contribution >= 4 is 10.9 Å². The number of hydrogen-bond acceptors (Lipinski definition) is 4. The lowest BCUT2D eigenvalue weighted by Gasteiger charge is -2.09. The highest BCUT2D eigenvalue weighted by Crippen LogP contribution is 2.33.